The van der Waals surface area contributed by atoms with Crippen molar-refractivity contribution in [1.29, 1.82) is 0 Å². The maximum atomic E-state index is 12.6. The van der Waals surface area contributed by atoms with E-state index in [1.165, 1.54) is 5.56 Å². The molecule has 0 spiro atoms. The minimum atomic E-state index is -3.00. The van der Waals surface area contributed by atoms with Gasteiger partial charge in [-0.2, -0.15) is 0 Å². The van der Waals surface area contributed by atoms with Crippen LogP contribution in [0.1, 0.15) is 63.5 Å². The number of unbranched alkanes of at least 4 members (excludes halogenated alkanes) is 1. The third kappa shape index (κ3) is 5.07. The first-order chi connectivity index (χ1) is 11.3. The van der Waals surface area contributed by atoms with Crippen LogP contribution in [0.25, 0.3) is 0 Å². The molecule has 1 saturated heterocycles. The van der Waals surface area contributed by atoms with Gasteiger partial charge in [-0.25, -0.2) is 8.42 Å². The van der Waals surface area contributed by atoms with Gasteiger partial charge in [0.2, 0.25) is 5.91 Å². The van der Waals surface area contributed by atoms with E-state index in [9.17, 15) is 13.2 Å². The monoisotopic (exact) mass is 351 g/mol. The number of hydrogen-bond acceptors (Lipinski definition) is 3. The van der Waals surface area contributed by atoms with Gasteiger partial charge in [0.05, 0.1) is 11.5 Å². The third-order valence-electron chi connectivity index (χ3n) is 4.71. The average molecular weight is 352 g/mol. The normalized spacial score (nSPS) is 19.6. The van der Waals surface area contributed by atoms with Crippen molar-refractivity contribution in [1.82, 2.24) is 4.90 Å². The van der Waals surface area contributed by atoms with E-state index in [4.69, 9.17) is 0 Å². The summed E-state index contributed by atoms with van der Waals surface area (Å²) in [5, 5.41) is 0. The van der Waals surface area contributed by atoms with Gasteiger partial charge in [-0.3, -0.25) is 4.79 Å². The van der Waals surface area contributed by atoms with Gasteiger partial charge < -0.3 is 4.90 Å². The molecule has 0 N–H and O–H groups in total. The molecule has 0 unspecified atom stereocenters. The average Bonchev–Trinajstić information content (AvgIpc) is 2.90. The molecule has 1 aliphatic heterocycles. The number of amides is 1. The lowest BCUT2D eigenvalue weighted by Crippen LogP contribution is -2.40. The molecule has 0 bridgehead atoms. The predicted octanol–water partition coefficient (Wildman–Crippen LogP) is 3.52. The molecule has 134 valence electrons. The van der Waals surface area contributed by atoms with Crippen molar-refractivity contribution in [3.63, 3.8) is 0 Å². The lowest BCUT2D eigenvalue weighted by atomic mass is 10.0. The fraction of sp³-hybridized carbons (Fsp3) is 0.632. The molecule has 4 nitrogen and oxygen atoms in total. The van der Waals surface area contributed by atoms with E-state index in [1.54, 1.807) is 4.90 Å². The highest BCUT2D eigenvalue weighted by Crippen LogP contribution is 2.22. The van der Waals surface area contributed by atoms with Crippen molar-refractivity contribution in [2.75, 3.05) is 11.5 Å². The van der Waals surface area contributed by atoms with E-state index in [0.717, 1.165) is 18.4 Å². The number of benzene rings is 1. The molecule has 1 heterocycles. The third-order valence-corrected chi connectivity index (χ3v) is 6.46. The lowest BCUT2D eigenvalue weighted by Gasteiger charge is -2.28. The first kappa shape index (κ1) is 19.0. The molecule has 1 aromatic carbocycles. The second kappa shape index (κ2) is 8.15. The van der Waals surface area contributed by atoms with Gasteiger partial charge in [-0.1, -0.05) is 51.5 Å². The summed E-state index contributed by atoms with van der Waals surface area (Å²) >= 11 is 0. The highest BCUT2D eigenvalue weighted by molar-refractivity contribution is 7.91. The fourth-order valence-corrected chi connectivity index (χ4v) is 4.85. The zero-order valence-corrected chi connectivity index (χ0v) is 15.8. The Morgan fingerprint density at radius 1 is 1.25 bits per heavy atom. The Labute approximate surface area is 146 Å². The van der Waals surface area contributed by atoms with E-state index in [2.05, 4.69) is 45.0 Å². The summed E-state index contributed by atoms with van der Waals surface area (Å²) < 4.78 is 23.6. The van der Waals surface area contributed by atoms with Crippen LogP contribution in [-0.4, -0.2) is 36.8 Å². The number of sulfone groups is 1. The lowest BCUT2D eigenvalue weighted by molar-refractivity contribution is -0.133. The van der Waals surface area contributed by atoms with Gasteiger partial charge in [-0.15, -0.1) is 0 Å². The van der Waals surface area contributed by atoms with Gasteiger partial charge in [0, 0.05) is 19.0 Å². The van der Waals surface area contributed by atoms with Crippen LogP contribution in [0, 0.1) is 0 Å². The van der Waals surface area contributed by atoms with Crippen LogP contribution in [-0.2, 0) is 21.2 Å². The van der Waals surface area contributed by atoms with Crippen LogP contribution in [0.3, 0.4) is 0 Å². The molecule has 1 aliphatic rings. The first-order valence-corrected chi connectivity index (χ1v) is 10.7. The van der Waals surface area contributed by atoms with Crippen molar-refractivity contribution in [3.8, 4) is 0 Å². The maximum Gasteiger partial charge on any atom is 0.223 e. The number of rotatable bonds is 7. The summed E-state index contributed by atoms with van der Waals surface area (Å²) in [5.41, 5.74) is 2.33. The Morgan fingerprint density at radius 2 is 1.92 bits per heavy atom. The zero-order valence-electron chi connectivity index (χ0n) is 15.0. The Bertz CT molecular complexity index is 650. The fourth-order valence-electron chi connectivity index (χ4n) is 3.12. The molecule has 0 saturated carbocycles. The number of carbonyl (C=O) groups is 1. The molecule has 1 aromatic rings. The Hall–Kier alpha value is -1.36. The minimum absolute atomic E-state index is 0.0758. The van der Waals surface area contributed by atoms with Crippen LogP contribution in [0.15, 0.2) is 24.3 Å². The summed E-state index contributed by atoms with van der Waals surface area (Å²) in [6.07, 6.45) is 2.87. The van der Waals surface area contributed by atoms with Crippen LogP contribution >= 0.6 is 0 Å². The number of nitrogens with zero attached hydrogens (tertiary/aromatic N) is 1. The van der Waals surface area contributed by atoms with E-state index in [-0.39, 0.29) is 23.5 Å². The summed E-state index contributed by atoms with van der Waals surface area (Å²) in [5.74, 6) is 0.851. The van der Waals surface area contributed by atoms with Crippen LogP contribution in [0.5, 0.6) is 0 Å². The standard InChI is InChI=1S/C19H29NO3S/c1-4-5-6-19(21)20(18-11-12-24(22,23)14-18)13-16-7-9-17(10-8-16)15(2)3/h7-10,15,18H,4-6,11-14H2,1-3H3/t18-/m1/s1. The Kier molecular flexibility index (Phi) is 6.44. The quantitative estimate of drug-likeness (QED) is 0.755. The zero-order chi connectivity index (χ0) is 17.7. The highest BCUT2D eigenvalue weighted by Gasteiger charge is 2.34. The largest absolute Gasteiger partial charge is 0.334 e. The first-order valence-electron chi connectivity index (χ1n) is 8.91. The topological polar surface area (TPSA) is 54.5 Å². The van der Waals surface area contributed by atoms with Crippen LogP contribution < -0.4 is 0 Å². The van der Waals surface area contributed by atoms with Crippen LogP contribution in [0.4, 0.5) is 0 Å². The van der Waals surface area contributed by atoms with Crippen molar-refractivity contribution >= 4 is 15.7 Å². The molecule has 5 heteroatoms. The van der Waals surface area contributed by atoms with Gasteiger partial charge in [0.25, 0.3) is 0 Å². The van der Waals surface area contributed by atoms with Crippen molar-refractivity contribution in [3.05, 3.63) is 35.4 Å². The minimum Gasteiger partial charge on any atom is -0.334 e. The molecule has 1 amide bonds. The summed E-state index contributed by atoms with van der Waals surface area (Å²) in [4.78, 5) is 14.4. The summed E-state index contributed by atoms with van der Waals surface area (Å²) in [6.45, 7) is 6.86. The number of carbonyl (C=O) groups excluding carboxylic acids is 1. The van der Waals surface area contributed by atoms with Crippen molar-refractivity contribution < 1.29 is 13.2 Å². The second-order valence-electron chi connectivity index (χ2n) is 7.08. The Balaban J connectivity index is 2.14. The van der Waals surface area contributed by atoms with E-state index < -0.39 is 9.84 Å². The van der Waals surface area contributed by atoms with Gasteiger partial charge >= 0.3 is 0 Å². The molecular weight excluding hydrogens is 322 g/mol. The van der Waals surface area contributed by atoms with Crippen molar-refractivity contribution in [2.24, 2.45) is 0 Å². The molecule has 1 atom stereocenters. The van der Waals surface area contributed by atoms with Gasteiger partial charge in [0.15, 0.2) is 9.84 Å². The van der Waals surface area contributed by atoms with Crippen LogP contribution in [0.2, 0.25) is 0 Å². The SMILES string of the molecule is CCCCC(=O)N(Cc1ccc(C(C)C)cc1)[C@@H]1CCS(=O)(=O)C1. The molecule has 24 heavy (non-hydrogen) atoms. The Morgan fingerprint density at radius 3 is 2.42 bits per heavy atom. The second-order valence-corrected chi connectivity index (χ2v) is 9.31. The molecule has 0 aromatic heterocycles. The van der Waals surface area contributed by atoms with Gasteiger partial charge in [0.1, 0.15) is 0 Å². The molecule has 1 fully saturated rings. The van der Waals surface area contributed by atoms with Gasteiger partial charge in [-0.05, 0) is 29.9 Å². The number of hydrogen-bond donors (Lipinski definition) is 0. The van der Waals surface area contributed by atoms with E-state index in [1.807, 2.05) is 0 Å². The van der Waals surface area contributed by atoms with E-state index in [0.29, 0.717) is 25.3 Å². The molecule has 0 radical (unpaired) electrons. The smallest absolute Gasteiger partial charge is 0.223 e. The molecular formula is C19H29NO3S. The highest BCUT2D eigenvalue weighted by atomic mass is 32.2. The predicted molar refractivity (Wildman–Crippen MR) is 97.7 cm³/mol. The summed E-state index contributed by atoms with van der Waals surface area (Å²) in [7, 11) is -3.00. The molecule has 2 rings (SSSR count). The molecule has 0 aliphatic carbocycles. The van der Waals surface area contributed by atoms with Crippen molar-refractivity contribution in [2.45, 2.75) is 65.0 Å². The summed E-state index contributed by atoms with van der Waals surface area (Å²) in [6, 6.07) is 8.13. The van der Waals surface area contributed by atoms with E-state index >= 15 is 0 Å². The maximum absolute atomic E-state index is 12.6.